The lowest BCUT2D eigenvalue weighted by molar-refractivity contribution is 0.0363. The SMILES string of the molecule is CC(C)(C)OC(=O)NC1CC(Oc2ccc(Cl)cc2)C1. The highest BCUT2D eigenvalue weighted by atomic mass is 35.5. The Bertz CT molecular complexity index is 461. The summed E-state index contributed by atoms with van der Waals surface area (Å²) in [6.07, 6.45) is 1.35. The van der Waals surface area contributed by atoms with Crippen molar-refractivity contribution >= 4 is 17.7 Å². The number of nitrogens with one attached hydrogen (secondary N) is 1. The minimum atomic E-state index is -0.465. The number of alkyl carbamates (subject to hydrolysis) is 1. The first-order valence-corrected chi connectivity index (χ1v) is 7.11. The Morgan fingerprint density at radius 2 is 1.85 bits per heavy atom. The fourth-order valence-corrected chi connectivity index (χ4v) is 2.09. The summed E-state index contributed by atoms with van der Waals surface area (Å²) in [5, 5.41) is 3.53. The average Bonchev–Trinajstić information content (AvgIpc) is 2.26. The molecule has 0 aliphatic heterocycles. The van der Waals surface area contributed by atoms with Gasteiger partial charge in [0.2, 0.25) is 0 Å². The Labute approximate surface area is 124 Å². The molecule has 1 amide bonds. The number of hydrogen-bond acceptors (Lipinski definition) is 3. The van der Waals surface area contributed by atoms with Gasteiger partial charge in [-0.3, -0.25) is 0 Å². The predicted octanol–water partition coefficient (Wildman–Crippen LogP) is 3.77. The van der Waals surface area contributed by atoms with Crippen LogP contribution in [0.4, 0.5) is 4.79 Å². The van der Waals surface area contributed by atoms with E-state index in [9.17, 15) is 4.79 Å². The van der Waals surface area contributed by atoms with E-state index in [4.69, 9.17) is 21.1 Å². The van der Waals surface area contributed by atoms with Gasteiger partial charge in [-0.2, -0.15) is 0 Å². The van der Waals surface area contributed by atoms with Crippen molar-refractivity contribution in [2.24, 2.45) is 0 Å². The minimum absolute atomic E-state index is 0.127. The lowest BCUT2D eigenvalue weighted by atomic mass is 9.89. The second kappa shape index (κ2) is 5.92. The third-order valence-electron chi connectivity index (χ3n) is 2.93. The van der Waals surface area contributed by atoms with E-state index >= 15 is 0 Å². The molecule has 0 spiro atoms. The van der Waals surface area contributed by atoms with Crippen LogP contribution in [0.15, 0.2) is 24.3 Å². The highest BCUT2D eigenvalue weighted by Gasteiger charge is 2.33. The van der Waals surface area contributed by atoms with Crippen LogP contribution in [-0.2, 0) is 4.74 Å². The number of carbonyl (C=O) groups excluding carboxylic acids is 1. The number of halogens is 1. The van der Waals surface area contributed by atoms with Gasteiger partial charge in [0.1, 0.15) is 17.5 Å². The summed E-state index contributed by atoms with van der Waals surface area (Å²) in [5.74, 6) is 0.801. The summed E-state index contributed by atoms with van der Waals surface area (Å²) < 4.78 is 11.0. The molecule has 110 valence electrons. The van der Waals surface area contributed by atoms with Crippen LogP contribution in [0.25, 0.3) is 0 Å². The normalized spacial score (nSPS) is 21.8. The van der Waals surface area contributed by atoms with Crippen molar-refractivity contribution in [3.05, 3.63) is 29.3 Å². The van der Waals surface area contributed by atoms with Gasteiger partial charge in [0, 0.05) is 23.9 Å². The zero-order valence-corrected chi connectivity index (χ0v) is 12.7. The van der Waals surface area contributed by atoms with Crippen LogP contribution in [0.3, 0.4) is 0 Å². The molecule has 1 aliphatic rings. The van der Waals surface area contributed by atoms with Crippen molar-refractivity contribution in [2.45, 2.75) is 51.4 Å². The molecular weight excluding hydrogens is 278 g/mol. The Balaban J connectivity index is 1.70. The molecule has 5 heteroatoms. The molecule has 1 aromatic rings. The first kappa shape index (κ1) is 15.0. The van der Waals surface area contributed by atoms with E-state index in [0.717, 1.165) is 18.6 Å². The maximum Gasteiger partial charge on any atom is 0.407 e. The summed E-state index contributed by atoms with van der Waals surface area (Å²) in [6, 6.07) is 7.41. The van der Waals surface area contributed by atoms with E-state index in [1.807, 2.05) is 32.9 Å². The third kappa shape index (κ3) is 4.60. The van der Waals surface area contributed by atoms with Crippen molar-refractivity contribution < 1.29 is 14.3 Å². The molecule has 0 unspecified atom stereocenters. The van der Waals surface area contributed by atoms with Crippen LogP contribution in [-0.4, -0.2) is 23.8 Å². The smallest absolute Gasteiger partial charge is 0.407 e. The second-order valence-electron chi connectivity index (χ2n) is 6.01. The Hall–Kier alpha value is -1.42. The number of ether oxygens (including phenoxy) is 2. The van der Waals surface area contributed by atoms with Crippen LogP contribution in [0.5, 0.6) is 5.75 Å². The van der Waals surface area contributed by atoms with E-state index in [1.165, 1.54) is 0 Å². The van der Waals surface area contributed by atoms with Crippen LogP contribution in [0, 0.1) is 0 Å². The van der Waals surface area contributed by atoms with Gasteiger partial charge in [0.05, 0.1) is 0 Å². The van der Waals surface area contributed by atoms with Crippen molar-refractivity contribution in [3.63, 3.8) is 0 Å². The molecule has 2 rings (SSSR count). The molecule has 0 bridgehead atoms. The molecule has 0 saturated heterocycles. The molecule has 0 radical (unpaired) electrons. The van der Waals surface area contributed by atoms with Crippen molar-refractivity contribution in [2.75, 3.05) is 0 Å². The van der Waals surface area contributed by atoms with Crippen LogP contribution < -0.4 is 10.1 Å². The lowest BCUT2D eigenvalue weighted by Crippen LogP contribution is -2.50. The molecule has 0 atom stereocenters. The Kier molecular flexibility index (Phi) is 4.43. The van der Waals surface area contributed by atoms with Crippen LogP contribution in [0.1, 0.15) is 33.6 Å². The molecule has 0 aromatic heterocycles. The fraction of sp³-hybridized carbons (Fsp3) is 0.533. The number of rotatable bonds is 3. The van der Waals surface area contributed by atoms with Gasteiger partial charge in [-0.05, 0) is 45.0 Å². The second-order valence-corrected chi connectivity index (χ2v) is 6.44. The third-order valence-corrected chi connectivity index (χ3v) is 3.18. The molecular formula is C15H20ClNO3. The Morgan fingerprint density at radius 3 is 2.40 bits per heavy atom. The molecule has 1 aliphatic carbocycles. The zero-order valence-electron chi connectivity index (χ0n) is 12.0. The summed E-state index contributed by atoms with van der Waals surface area (Å²) in [4.78, 5) is 11.6. The summed E-state index contributed by atoms with van der Waals surface area (Å²) in [6.45, 7) is 5.54. The maximum atomic E-state index is 11.6. The standard InChI is InChI=1S/C15H20ClNO3/c1-15(2,3)20-14(18)17-11-8-13(9-11)19-12-6-4-10(16)5-7-12/h4-7,11,13H,8-9H2,1-3H3,(H,17,18). The van der Waals surface area contributed by atoms with Gasteiger partial charge in [0.15, 0.2) is 0 Å². The molecule has 1 aromatic carbocycles. The van der Waals surface area contributed by atoms with E-state index in [-0.39, 0.29) is 18.2 Å². The molecule has 0 heterocycles. The zero-order chi connectivity index (χ0) is 14.8. The Morgan fingerprint density at radius 1 is 1.25 bits per heavy atom. The van der Waals surface area contributed by atoms with E-state index in [0.29, 0.717) is 5.02 Å². The molecule has 1 saturated carbocycles. The van der Waals surface area contributed by atoms with Gasteiger partial charge in [0.25, 0.3) is 0 Å². The maximum absolute atomic E-state index is 11.6. The summed E-state index contributed by atoms with van der Waals surface area (Å²) >= 11 is 5.81. The first-order valence-electron chi connectivity index (χ1n) is 6.73. The predicted molar refractivity (Wildman–Crippen MR) is 78.3 cm³/mol. The van der Waals surface area contributed by atoms with Crippen LogP contribution >= 0.6 is 11.6 Å². The van der Waals surface area contributed by atoms with Gasteiger partial charge in [-0.15, -0.1) is 0 Å². The number of hydrogen-bond donors (Lipinski definition) is 1. The number of amides is 1. The summed E-state index contributed by atoms with van der Waals surface area (Å²) in [7, 11) is 0. The highest BCUT2D eigenvalue weighted by molar-refractivity contribution is 6.30. The van der Waals surface area contributed by atoms with E-state index < -0.39 is 5.60 Å². The highest BCUT2D eigenvalue weighted by Crippen LogP contribution is 2.27. The lowest BCUT2D eigenvalue weighted by Gasteiger charge is -2.36. The van der Waals surface area contributed by atoms with Gasteiger partial charge in [-0.1, -0.05) is 11.6 Å². The molecule has 4 nitrogen and oxygen atoms in total. The number of benzene rings is 1. The van der Waals surface area contributed by atoms with Gasteiger partial charge in [-0.25, -0.2) is 4.79 Å². The largest absolute Gasteiger partial charge is 0.490 e. The molecule has 1 N–H and O–H groups in total. The minimum Gasteiger partial charge on any atom is -0.490 e. The van der Waals surface area contributed by atoms with Crippen molar-refractivity contribution in [1.29, 1.82) is 0 Å². The van der Waals surface area contributed by atoms with Gasteiger partial charge >= 0.3 is 6.09 Å². The summed E-state index contributed by atoms with van der Waals surface area (Å²) in [5.41, 5.74) is -0.465. The number of carbonyl (C=O) groups is 1. The monoisotopic (exact) mass is 297 g/mol. The first-order chi connectivity index (χ1) is 9.32. The quantitative estimate of drug-likeness (QED) is 0.923. The van der Waals surface area contributed by atoms with Crippen molar-refractivity contribution in [3.8, 4) is 5.75 Å². The molecule has 1 fully saturated rings. The van der Waals surface area contributed by atoms with E-state index in [1.54, 1.807) is 12.1 Å². The fourth-order valence-electron chi connectivity index (χ4n) is 1.96. The van der Waals surface area contributed by atoms with Gasteiger partial charge < -0.3 is 14.8 Å². The topological polar surface area (TPSA) is 47.6 Å². The van der Waals surface area contributed by atoms with Crippen molar-refractivity contribution in [1.82, 2.24) is 5.32 Å². The van der Waals surface area contributed by atoms with E-state index in [2.05, 4.69) is 5.32 Å². The average molecular weight is 298 g/mol. The molecule has 20 heavy (non-hydrogen) atoms. The van der Waals surface area contributed by atoms with Crippen LogP contribution in [0.2, 0.25) is 5.02 Å².